The number of aryl methyl sites for hydroxylation is 2. The van der Waals surface area contributed by atoms with Crippen LogP contribution in [0.2, 0.25) is 0 Å². The lowest BCUT2D eigenvalue weighted by Gasteiger charge is -2.08. The van der Waals surface area contributed by atoms with Crippen LogP contribution in [-0.4, -0.2) is 0 Å². The summed E-state index contributed by atoms with van der Waals surface area (Å²) < 4.78 is 0. The number of nitrogens with zero attached hydrogens (tertiary/aromatic N) is 2. The number of hydrogen-bond donors (Lipinski definition) is 1. The van der Waals surface area contributed by atoms with Crippen LogP contribution >= 0.6 is 0 Å². The van der Waals surface area contributed by atoms with Crippen molar-refractivity contribution in [1.82, 2.24) is 0 Å². The van der Waals surface area contributed by atoms with Gasteiger partial charge in [0.15, 0.2) is 5.69 Å². The number of hydrogen-bond acceptors (Lipinski definition) is 2. The lowest BCUT2D eigenvalue weighted by Crippen LogP contribution is -1.99. The van der Waals surface area contributed by atoms with E-state index in [2.05, 4.69) is 40.5 Å². The molecule has 0 heterocycles. The molecular formula is C23H19N3. The van der Waals surface area contributed by atoms with Crippen LogP contribution in [0.3, 0.4) is 0 Å². The summed E-state index contributed by atoms with van der Waals surface area (Å²) in [6.07, 6.45) is 1.96. The third-order valence-electron chi connectivity index (χ3n) is 4.30. The Kier molecular flexibility index (Phi) is 5.65. The maximum atomic E-state index is 8.82. The number of anilines is 1. The maximum Gasteiger partial charge on any atom is 0.187 e. The van der Waals surface area contributed by atoms with E-state index >= 15 is 0 Å². The van der Waals surface area contributed by atoms with Crippen molar-refractivity contribution in [2.24, 2.45) is 0 Å². The lowest BCUT2D eigenvalue weighted by molar-refractivity contribution is 0.958. The van der Waals surface area contributed by atoms with Crippen LogP contribution < -0.4 is 5.32 Å². The summed E-state index contributed by atoms with van der Waals surface area (Å²) in [5, 5.41) is 12.2. The third-order valence-corrected chi connectivity index (χ3v) is 4.30. The summed E-state index contributed by atoms with van der Waals surface area (Å²) in [4.78, 5) is 3.42. The minimum absolute atomic E-state index is 0.670. The summed E-state index contributed by atoms with van der Waals surface area (Å²) in [6, 6.07) is 26.0. The minimum Gasteiger partial charge on any atom is -0.381 e. The molecule has 0 fully saturated rings. The summed E-state index contributed by atoms with van der Waals surface area (Å²) in [5.74, 6) is 0. The Labute approximate surface area is 154 Å². The van der Waals surface area contributed by atoms with E-state index in [1.165, 1.54) is 16.7 Å². The summed E-state index contributed by atoms with van der Waals surface area (Å²) in [6.45, 7) is 7.74. The zero-order valence-corrected chi connectivity index (χ0v) is 14.4. The van der Waals surface area contributed by atoms with Crippen molar-refractivity contribution in [1.29, 1.82) is 5.26 Å². The van der Waals surface area contributed by atoms with Gasteiger partial charge < -0.3 is 5.32 Å². The van der Waals surface area contributed by atoms with E-state index in [0.29, 0.717) is 11.3 Å². The number of nitrogens with one attached hydrogen (secondary N) is 1. The van der Waals surface area contributed by atoms with Crippen LogP contribution in [0.5, 0.6) is 0 Å². The summed E-state index contributed by atoms with van der Waals surface area (Å²) in [5.41, 5.74) is 6.15. The highest BCUT2D eigenvalue weighted by atomic mass is 14.9. The van der Waals surface area contributed by atoms with E-state index in [-0.39, 0.29) is 0 Å². The first kappa shape index (κ1) is 17.3. The maximum absolute atomic E-state index is 8.82. The van der Waals surface area contributed by atoms with Gasteiger partial charge in [0, 0.05) is 12.2 Å². The Morgan fingerprint density at radius 2 is 1.31 bits per heavy atom. The fourth-order valence-corrected chi connectivity index (χ4v) is 2.72. The monoisotopic (exact) mass is 337 g/mol. The molecule has 0 saturated heterocycles. The van der Waals surface area contributed by atoms with E-state index in [1.807, 2.05) is 48.5 Å². The van der Waals surface area contributed by atoms with Gasteiger partial charge >= 0.3 is 0 Å². The molecular weight excluding hydrogens is 318 g/mol. The van der Waals surface area contributed by atoms with Crippen molar-refractivity contribution in [2.45, 2.75) is 19.4 Å². The van der Waals surface area contributed by atoms with Crippen LogP contribution in [0.15, 0.2) is 72.8 Å². The van der Waals surface area contributed by atoms with E-state index in [1.54, 1.807) is 0 Å². The standard InChI is InChI=1S/C23H19N3/c1-25-22-12-8-19(9-13-22)3-2-18-4-6-21(7-5-18)17-26-23-14-10-20(16-24)11-15-23/h4-15,26H,2-3,17H2. The van der Waals surface area contributed by atoms with E-state index in [0.717, 1.165) is 25.1 Å². The molecule has 0 aliphatic carbocycles. The van der Waals surface area contributed by atoms with Gasteiger partial charge in [-0.25, -0.2) is 4.85 Å². The molecule has 3 rings (SSSR count). The van der Waals surface area contributed by atoms with Gasteiger partial charge in [-0.1, -0.05) is 54.1 Å². The Bertz CT molecular complexity index is 845. The summed E-state index contributed by atoms with van der Waals surface area (Å²) >= 11 is 0. The largest absolute Gasteiger partial charge is 0.381 e. The van der Waals surface area contributed by atoms with Crippen molar-refractivity contribution in [3.05, 3.63) is 106 Å². The van der Waals surface area contributed by atoms with Crippen molar-refractivity contribution >= 4 is 11.4 Å². The zero-order chi connectivity index (χ0) is 18.2. The van der Waals surface area contributed by atoms with Crippen LogP contribution in [0.1, 0.15) is 22.3 Å². The molecule has 0 amide bonds. The van der Waals surface area contributed by atoms with Crippen LogP contribution in [0, 0.1) is 17.9 Å². The van der Waals surface area contributed by atoms with Crippen molar-refractivity contribution < 1.29 is 0 Å². The smallest absolute Gasteiger partial charge is 0.187 e. The highest BCUT2D eigenvalue weighted by Crippen LogP contribution is 2.15. The fraction of sp³-hybridized carbons (Fsp3) is 0.130. The first-order valence-corrected chi connectivity index (χ1v) is 8.55. The van der Waals surface area contributed by atoms with Crippen molar-refractivity contribution in [3.63, 3.8) is 0 Å². The number of benzene rings is 3. The van der Waals surface area contributed by atoms with E-state index < -0.39 is 0 Å². The SMILES string of the molecule is [C-]#[N+]c1ccc(CCc2ccc(CNc3ccc(C#N)cc3)cc2)cc1. The van der Waals surface area contributed by atoms with E-state index in [4.69, 9.17) is 11.8 Å². The van der Waals surface area contributed by atoms with Gasteiger partial charge in [-0.3, -0.25) is 0 Å². The van der Waals surface area contributed by atoms with Gasteiger partial charge in [-0.2, -0.15) is 5.26 Å². The molecule has 0 aliphatic rings. The molecule has 3 aromatic carbocycles. The molecule has 0 atom stereocenters. The Balaban J connectivity index is 1.51. The third kappa shape index (κ3) is 4.72. The molecule has 3 heteroatoms. The van der Waals surface area contributed by atoms with Gasteiger partial charge in [-0.05, 0) is 48.2 Å². The quantitative estimate of drug-likeness (QED) is 0.603. The average Bonchev–Trinajstić information content (AvgIpc) is 2.72. The van der Waals surface area contributed by atoms with Gasteiger partial charge in [0.1, 0.15) is 0 Å². The molecule has 0 saturated carbocycles. The van der Waals surface area contributed by atoms with Crippen molar-refractivity contribution in [2.75, 3.05) is 5.32 Å². The molecule has 126 valence electrons. The number of nitriles is 1. The Hall–Kier alpha value is -3.56. The molecule has 0 radical (unpaired) electrons. The van der Waals surface area contributed by atoms with Gasteiger partial charge in [0.25, 0.3) is 0 Å². The van der Waals surface area contributed by atoms with Crippen LogP contribution in [0.4, 0.5) is 11.4 Å². The second-order valence-electron chi connectivity index (χ2n) is 6.14. The van der Waals surface area contributed by atoms with Gasteiger partial charge in [0.05, 0.1) is 18.2 Å². The molecule has 0 spiro atoms. The number of rotatable bonds is 6. The molecule has 0 aliphatic heterocycles. The first-order valence-electron chi connectivity index (χ1n) is 8.55. The topological polar surface area (TPSA) is 40.2 Å². The van der Waals surface area contributed by atoms with Crippen molar-refractivity contribution in [3.8, 4) is 6.07 Å². The summed E-state index contributed by atoms with van der Waals surface area (Å²) in [7, 11) is 0. The highest BCUT2D eigenvalue weighted by Gasteiger charge is 1.99. The molecule has 3 aromatic rings. The fourth-order valence-electron chi connectivity index (χ4n) is 2.72. The second-order valence-corrected chi connectivity index (χ2v) is 6.14. The first-order chi connectivity index (χ1) is 12.8. The normalized spacial score (nSPS) is 9.92. The predicted octanol–water partition coefficient (Wildman–Crippen LogP) is 5.51. The zero-order valence-electron chi connectivity index (χ0n) is 14.4. The highest BCUT2D eigenvalue weighted by molar-refractivity contribution is 5.48. The van der Waals surface area contributed by atoms with Crippen LogP contribution in [0.25, 0.3) is 4.85 Å². The average molecular weight is 337 g/mol. The Morgan fingerprint density at radius 3 is 1.85 bits per heavy atom. The molecule has 0 unspecified atom stereocenters. The predicted molar refractivity (Wildman–Crippen MR) is 105 cm³/mol. The molecule has 0 aromatic heterocycles. The van der Waals surface area contributed by atoms with Crippen LogP contribution in [-0.2, 0) is 19.4 Å². The molecule has 0 bridgehead atoms. The van der Waals surface area contributed by atoms with E-state index in [9.17, 15) is 0 Å². The molecule has 3 nitrogen and oxygen atoms in total. The van der Waals surface area contributed by atoms with Gasteiger partial charge in [0.2, 0.25) is 0 Å². The molecule has 26 heavy (non-hydrogen) atoms. The second kappa shape index (κ2) is 8.51. The minimum atomic E-state index is 0.670. The van der Waals surface area contributed by atoms with Gasteiger partial charge in [-0.15, -0.1) is 0 Å². The molecule has 1 N–H and O–H groups in total. The Morgan fingerprint density at radius 1 is 0.769 bits per heavy atom. The lowest BCUT2D eigenvalue weighted by atomic mass is 10.0.